The molecule has 23 heavy (non-hydrogen) atoms. The highest BCUT2D eigenvalue weighted by Gasteiger charge is 2.51. The summed E-state index contributed by atoms with van der Waals surface area (Å²) in [6.45, 7) is 1.60. The summed E-state index contributed by atoms with van der Waals surface area (Å²) in [5, 5.41) is 0.561. The fourth-order valence-electron chi connectivity index (χ4n) is 3.00. The topological polar surface area (TPSA) is 46.6 Å². The zero-order valence-corrected chi connectivity index (χ0v) is 13.6. The number of halogens is 1. The lowest BCUT2D eigenvalue weighted by Crippen LogP contribution is -2.59. The highest BCUT2D eigenvalue weighted by Crippen LogP contribution is 2.42. The molecule has 2 aromatic carbocycles. The molecule has 5 heteroatoms. The molecule has 0 N–H and O–H groups in total. The Labute approximate surface area is 139 Å². The molecule has 0 fully saturated rings. The highest BCUT2D eigenvalue weighted by molar-refractivity contribution is 6.31. The first-order valence-corrected chi connectivity index (χ1v) is 7.61. The van der Waals surface area contributed by atoms with Crippen LogP contribution in [0.3, 0.4) is 0 Å². The molecule has 1 aliphatic rings. The van der Waals surface area contributed by atoms with Crippen LogP contribution in [-0.4, -0.2) is 24.4 Å². The van der Waals surface area contributed by atoms with Crippen LogP contribution in [0.1, 0.15) is 12.5 Å². The molecule has 0 aliphatic carbocycles. The van der Waals surface area contributed by atoms with Crippen LogP contribution in [0.25, 0.3) is 0 Å². The van der Waals surface area contributed by atoms with Crippen molar-refractivity contribution in [2.45, 2.75) is 18.9 Å². The Morgan fingerprint density at radius 1 is 1.22 bits per heavy atom. The van der Waals surface area contributed by atoms with Crippen LogP contribution in [0.5, 0.6) is 0 Å². The largest absolute Gasteiger partial charge is 0.467 e. The first kappa shape index (κ1) is 15.6. The van der Waals surface area contributed by atoms with Crippen molar-refractivity contribution in [3.8, 4) is 0 Å². The molecular weight excluding hydrogens is 314 g/mol. The van der Waals surface area contributed by atoms with Crippen molar-refractivity contribution >= 4 is 34.7 Å². The first-order chi connectivity index (χ1) is 11.0. The number of ether oxygens (including phenoxy) is 1. The summed E-state index contributed by atoms with van der Waals surface area (Å²) in [4.78, 5) is 27.0. The number of hydrogen-bond acceptors (Lipinski definition) is 4. The number of para-hydroxylation sites is 1. The minimum absolute atomic E-state index is 0.144. The fourth-order valence-corrected chi connectivity index (χ4v) is 3.20. The number of fused-ring (bicyclic) bond motifs is 1. The average molecular weight is 330 g/mol. The van der Waals surface area contributed by atoms with E-state index in [1.54, 1.807) is 24.0 Å². The van der Waals surface area contributed by atoms with Crippen LogP contribution in [0.2, 0.25) is 5.02 Å². The molecule has 1 aliphatic heterocycles. The van der Waals surface area contributed by atoms with E-state index < -0.39 is 11.5 Å². The van der Waals surface area contributed by atoms with E-state index in [2.05, 4.69) is 0 Å². The molecule has 2 aromatic rings. The van der Waals surface area contributed by atoms with Gasteiger partial charge < -0.3 is 9.64 Å². The highest BCUT2D eigenvalue weighted by atomic mass is 35.5. The SMILES string of the molecule is COC(=O)C1(C)C(=O)Cc2cc(Cl)ccc2N1c1ccccc1. The van der Waals surface area contributed by atoms with Gasteiger partial charge in [-0.25, -0.2) is 4.79 Å². The van der Waals surface area contributed by atoms with Gasteiger partial charge in [0.05, 0.1) is 7.11 Å². The molecule has 0 aromatic heterocycles. The molecular formula is C18H16ClNO3. The molecule has 0 radical (unpaired) electrons. The summed E-state index contributed by atoms with van der Waals surface area (Å²) in [6.07, 6.45) is 0.144. The van der Waals surface area contributed by atoms with Gasteiger partial charge in [-0.05, 0) is 42.8 Å². The second-order valence-electron chi connectivity index (χ2n) is 5.61. The Kier molecular flexibility index (Phi) is 3.86. The second-order valence-corrected chi connectivity index (χ2v) is 6.04. The Bertz CT molecular complexity index is 775. The number of methoxy groups -OCH3 is 1. The van der Waals surface area contributed by atoms with E-state index in [-0.39, 0.29) is 12.2 Å². The maximum atomic E-state index is 12.8. The third-order valence-corrected chi connectivity index (χ3v) is 4.46. The molecule has 0 bridgehead atoms. The van der Waals surface area contributed by atoms with Gasteiger partial charge in [-0.15, -0.1) is 0 Å². The maximum Gasteiger partial charge on any atom is 0.339 e. The monoisotopic (exact) mass is 329 g/mol. The van der Waals surface area contributed by atoms with Gasteiger partial charge in [0.2, 0.25) is 0 Å². The number of carbonyl (C=O) groups is 2. The summed E-state index contributed by atoms with van der Waals surface area (Å²) in [6, 6.07) is 14.7. The Balaban J connectivity index is 2.27. The average Bonchev–Trinajstić information content (AvgIpc) is 2.56. The molecule has 3 rings (SSSR count). The van der Waals surface area contributed by atoms with Crippen molar-refractivity contribution in [3.05, 3.63) is 59.1 Å². The number of benzene rings is 2. The molecule has 118 valence electrons. The number of Topliss-reactive ketones (excluding diaryl/α,β-unsaturated/α-hetero) is 1. The van der Waals surface area contributed by atoms with E-state index in [1.807, 2.05) is 36.4 Å². The number of hydrogen-bond donors (Lipinski definition) is 0. The van der Waals surface area contributed by atoms with Crippen molar-refractivity contribution in [3.63, 3.8) is 0 Å². The zero-order chi connectivity index (χ0) is 16.6. The fraction of sp³-hybridized carbons (Fsp3) is 0.222. The van der Waals surface area contributed by atoms with E-state index in [1.165, 1.54) is 7.11 Å². The van der Waals surface area contributed by atoms with Gasteiger partial charge >= 0.3 is 5.97 Å². The van der Waals surface area contributed by atoms with Crippen molar-refractivity contribution < 1.29 is 14.3 Å². The van der Waals surface area contributed by atoms with Crippen LogP contribution < -0.4 is 4.90 Å². The van der Waals surface area contributed by atoms with Gasteiger partial charge in [0.25, 0.3) is 0 Å². The predicted molar refractivity (Wildman–Crippen MR) is 89.2 cm³/mol. The zero-order valence-electron chi connectivity index (χ0n) is 12.9. The maximum absolute atomic E-state index is 12.8. The van der Waals surface area contributed by atoms with Gasteiger partial charge in [-0.3, -0.25) is 4.79 Å². The smallest absolute Gasteiger partial charge is 0.339 e. The molecule has 0 amide bonds. The van der Waals surface area contributed by atoms with Crippen LogP contribution in [0.4, 0.5) is 11.4 Å². The van der Waals surface area contributed by atoms with Gasteiger partial charge in [0, 0.05) is 22.8 Å². The third-order valence-electron chi connectivity index (χ3n) is 4.22. The predicted octanol–water partition coefficient (Wildman–Crippen LogP) is 3.54. The van der Waals surface area contributed by atoms with Crippen LogP contribution in [-0.2, 0) is 20.7 Å². The standard InChI is InChI=1S/C18H16ClNO3/c1-18(17(22)23-2)16(21)11-12-10-13(19)8-9-15(12)20(18)14-6-4-3-5-7-14/h3-10H,11H2,1-2H3. The number of carbonyl (C=O) groups excluding carboxylic acids is 2. The van der Waals surface area contributed by atoms with Crippen molar-refractivity contribution in [1.82, 2.24) is 0 Å². The molecule has 0 spiro atoms. The van der Waals surface area contributed by atoms with Crippen LogP contribution in [0.15, 0.2) is 48.5 Å². The summed E-state index contributed by atoms with van der Waals surface area (Å²) in [5.74, 6) is -0.796. The van der Waals surface area contributed by atoms with Crippen molar-refractivity contribution in [2.75, 3.05) is 12.0 Å². The van der Waals surface area contributed by atoms with Crippen molar-refractivity contribution in [2.24, 2.45) is 0 Å². The van der Waals surface area contributed by atoms with Crippen molar-refractivity contribution in [1.29, 1.82) is 0 Å². The minimum atomic E-state index is -1.41. The first-order valence-electron chi connectivity index (χ1n) is 7.24. The summed E-state index contributed by atoms with van der Waals surface area (Å²) in [5.41, 5.74) is 0.926. The summed E-state index contributed by atoms with van der Waals surface area (Å²) < 4.78 is 4.93. The van der Waals surface area contributed by atoms with Crippen LogP contribution >= 0.6 is 11.6 Å². The Hall–Kier alpha value is -2.33. The number of anilines is 2. The lowest BCUT2D eigenvalue weighted by Gasteiger charge is -2.43. The van der Waals surface area contributed by atoms with E-state index in [0.29, 0.717) is 5.02 Å². The number of ketones is 1. The molecule has 4 nitrogen and oxygen atoms in total. The van der Waals surface area contributed by atoms with E-state index in [9.17, 15) is 9.59 Å². The molecule has 1 unspecified atom stereocenters. The second kappa shape index (κ2) is 5.70. The van der Waals surface area contributed by atoms with Gasteiger partial charge in [0.15, 0.2) is 11.3 Å². The van der Waals surface area contributed by atoms with Crippen LogP contribution in [0, 0.1) is 0 Å². The molecule has 0 saturated heterocycles. The quantitative estimate of drug-likeness (QED) is 0.624. The summed E-state index contributed by atoms with van der Waals surface area (Å²) in [7, 11) is 1.29. The summed E-state index contributed by atoms with van der Waals surface area (Å²) >= 11 is 6.06. The lowest BCUT2D eigenvalue weighted by molar-refractivity contribution is -0.150. The lowest BCUT2D eigenvalue weighted by atomic mass is 9.83. The molecule has 0 saturated carbocycles. The van der Waals surface area contributed by atoms with Gasteiger partial charge in [-0.2, -0.15) is 0 Å². The van der Waals surface area contributed by atoms with E-state index in [0.717, 1.165) is 16.9 Å². The van der Waals surface area contributed by atoms with E-state index in [4.69, 9.17) is 16.3 Å². The van der Waals surface area contributed by atoms with Gasteiger partial charge in [0.1, 0.15) is 0 Å². The van der Waals surface area contributed by atoms with Gasteiger partial charge in [-0.1, -0.05) is 29.8 Å². The number of nitrogens with zero attached hydrogens (tertiary/aromatic N) is 1. The molecule has 1 heterocycles. The van der Waals surface area contributed by atoms with E-state index >= 15 is 0 Å². The Morgan fingerprint density at radius 3 is 2.57 bits per heavy atom. The molecule has 1 atom stereocenters. The normalized spacial score (nSPS) is 20.1. The number of esters is 1. The third kappa shape index (κ3) is 2.39. The minimum Gasteiger partial charge on any atom is -0.467 e. The Morgan fingerprint density at radius 2 is 1.91 bits per heavy atom. The number of rotatable bonds is 2.